The number of hydrogen-bond donors (Lipinski definition) is 2. The molecule has 5 rings (SSSR count). The smallest absolute Gasteiger partial charge is 0.257 e. The summed E-state index contributed by atoms with van der Waals surface area (Å²) in [5.41, 5.74) is 1.86. The van der Waals surface area contributed by atoms with Gasteiger partial charge in [-0.2, -0.15) is 0 Å². The zero-order valence-electron chi connectivity index (χ0n) is 24.5. The Kier molecular flexibility index (Phi) is 11.3. The van der Waals surface area contributed by atoms with Gasteiger partial charge in [-0.1, -0.05) is 78.9 Å². The number of carbonyl (C=O) groups is 2. The molecule has 0 aliphatic heterocycles. The monoisotopic (exact) mass is 592 g/mol. The van der Waals surface area contributed by atoms with E-state index in [1.165, 1.54) is 0 Å². The van der Waals surface area contributed by atoms with Gasteiger partial charge >= 0.3 is 0 Å². The molecular formula is C36H36N2O6. The third kappa shape index (κ3) is 8.41. The number of amides is 2. The Balaban J connectivity index is 0.992. The Labute approximate surface area is 256 Å². The van der Waals surface area contributed by atoms with Crippen molar-refractivity contribution in [2.75, 3.05) is 58.1 Å². The summed E-state index contributed by atoms with van der Waals surface area (Å²) in [4.78, 5) is 25.6. The molecule has 0 radical (unpaired) electrons. The first-order valence-electron chi connectivity index (χ1n) is 14.7. The van der Waals surface area contributed by atoms with Crippen LogP contribution in [-0.4, -0.2) is 64.6 Å². The van der Waals surface area contributed by atoms with E-state index in [0.717, 1.165) is 21.5 Å². The first kappa shape index (κ1) is 30.7. The fraction of sp³-hybridized carbons (Fsp3) is 0.222. The van der Waals surface area contributed by atoms with Crippen molar-refractivity contribution in [3.05, 3.63) is 120 Å². The van der Waals surface area contributed by atoms with E-state index in [2.05, 4.69) is 16.7 Å². The largest absolute Gasteiger partial charge is 0.489 e. The number of ether oxygens (including phenoxy) is 4. The van der Waals surface area contributed by atoms with Crippen LogP contribution in [0.5, 0.6) is 5.75 Å². The Morgan fingerprint density at radius 2 is 1.09 bits per heavy atom. The first-order chi connectivity index (χ1) is 21.7. The summed E-state index contributed by atoms with van der Waals surface area (Å²) in [6.07, 6.45) is 0. The Morgan fingerprint density at radius 1 is 0.545 bits per heavy atom. The van der Waals surface area contributed by atoms with Crippen LogP contribution in [0.25, 0.3) is 21.5 Å². The van der Waals surface area contributed by atoms with Crippen LogP contribution in [-0.2, 0) is 14.2 Å². The molecule has 8 nitrogen and oxygen atoms in total. The second-order valence-electron chi connectivity index (χ2n) is 9.95. The lowest BCUT2D eigenvalue weighted by Gasteiger charge is -2.15. The van der Waals surface area contributed by atoms with Crippen molar-refractivity contribution in [1.82, 2.24) is 5.32 Å². The van der Waals surface area contributed by atoms with Gasteiger partial charge in [-0.05, 0) is 51.9 Å². The van der Waals surface area contributed by atoms with Crippen LogP contribution in [0.4, 0.5) is 5.69 Å². The number of fused-ring (bicyclic) bond motifs is 2. The molecule has 0 aliphatic rings. The lowest BCUT2D eigenvalue weighted by atomic mass is 9.96. The molecule has 0 aliphatic carbocycles. The summed E-state index contributed by atoms with van der Waals surface area (Å²) in [6.45, 7) is 3.26. The zero-order chi connectivity index (χ0) is 30.4. The van der Waals surface area contributed by atoms with Gasteiger partial charge in [0.15, 0.2) is 0 Å². The molecule has 0 fully saturated rings. The first-order valence-corrected chi connectivity index (χ1v) is 14.7. The lowest BCUT2D eigenvalue weighted by Crippen LogP contribution is -2.27. The average molecular weight is 593 g/mol. The standard InChI is InChI=1S/C36H36N2O6/c39-35(27-10-2-1-3-11-27)37-18-19-41-20-21-42-22-23-43-24-25-44-33-17-9-8-16-32(33)38-36(40)34-30-14-6-4-12-28(30)26-29-13-5-7-15-31(29)34/h1-17,26H,18-25H2,(H,37,39)(H,38,40). The minimum absolute atomic E-state index is 0.116. The summed E-state index contributed by atoms with van der Waals surface area (Å²) >= 11 is 0. The molecule has 0 aromatic heterocycles. The third-order valence-corrected chi connectivity index (χ3v) is 6.93. The average Bonchev–Trinajstić information content (AvgIpc) is 3.06. The Bertz CT molecular complexity index is 1620. The van der Waals surface area contributed by atoms with Gasteiger partial charge in [-0.3, -0.25) is 9.59 Å². The van der Waals surface area contributed by atoms with Gasteiger partial charge in [0.2, 0.25) is 0 Å². The fourth-order valence-corrected chi connectivity index (χ4v) is 4.82. The highest BCUT2D eigenvalue weighted by atomic mass is 16.6. The summed E-state index contributed by atoms with van der Waals surface area (Å²) < 4.78 is 22.6. The van der Waals surface area contributed by atoms with Crippen LogP contribution in [0.15, 0.2) is 109 Å². The maximum atomic E-state index is 13.6. The molecule has 5 aromatic rings. The quantitative estimate of drug-likeness (QED) is 0.106. The number of hydrogen-bond acceptors (Lipinski definition) is 6. The molecule has 0 spiro atoms. The Hall–Kier alpha value is -4.76. The summed E-state index contributed by atoms with van der Waals surface area (Å²) in [6, 6.07) is 34.4. The highest BCUT2D eigenvalue weighted by molar-refractivity contribution is 6.22. The van der Waals surface area contributed by atoms with E-state index in [-0.39, 0.29) is 11.8 Å². The molecule has 0 saturated carbocycles. The van der Waals surface area contributed by atoms with Crippen LogP contribution < -0.4 is 15.4 Å². The minimum atomic E-state index is -0.191. The topological polar surface area (TPSA) is 95.1 Å². The predicted molar refractivity (Wildman–Crippen MR) is 173 cm³/mol. The second kappa shape index (κ2) is 16.2. The highest BCUT2D eigenvalue weighted by Crippen LogP contribution is 2.31. The van der Waals surface area contributed by atoms with Crippen LogP contribution in [0.3, 0.4) is 0 Å². The molecule has 0 saturated heterocycles. The predicted octanol–water partition coefficient (Wildman–Crippen LogP) is 6.10. The zero-order valence-corrected chi connectivity index (χ0v) is 24.5. The molecule has 44 heavy (non-hydrogen) atoms. The van der Waals surface area contributed by atoms with Crippen molar-refractivity contribution in [1.29, 1.82) is 0 Å². The van der Waals surface area contributed by atoms with E-state index in [4.69, 9.17) is 18.9 Å². The van der Waals surface area contributed by atoms with Gasteiger partial charge in [0.1, 0.15) is 12.4 Å². The number of benzene rings is 5. The number of rotatable bonds is 16. The van der Waals surface area contributed by atoms with Gasteiger partial charge in [-0.25, -0.2) is 0 Å². The lowest BCUT2D eigenvalue weighted by molar-refractivity contribution is 0.00992. The van der Waals surface area contributed by atoms with Crippen LogP contribution in [0.1, 0.15) is 20.7 Å². The van der Waals surface area contributed by atoms with Crippen LogP contribution in [0, 0.1) is 0 Å². The highest BCUT2D eigenvalue weighted by Gasteiger charge is 2.16. The molecule has 226 valence electrons. The van der Waals surface area contributed by atoms with Crippen LogP contribution >= 0.6 is 0 Å². The van der Waals surface area contributed by atoms with Crippen molar-refractivity contribution in [2.45, 2.75) is 0 Å². The van der Waals surface area contributed by atoms with Crippen molar-refractivity contribution >= 4 is 39.0 Å². The molecule has 2 amide bonds. The number of nitrogens with one attached hydrogen (secondary N) is 2. The molecular weight excluding hydrogens is 556 g/mol. The number of carbonyl (C=O) groups excluding carboxylic acids is 2. The van der Waals surface area contributed by atoms with E-state index < -0.39 is 0 Å². The van der Waals surface area contributed by atoms with Gasteiger partial charge in [0.25, 0.3) is 11.8 Å². The van der Waals surface area contributed by atoms with Crippen molar-refractivity contribution in [3.63, 3.8) is 0 Å². The number of anilines is 1. The van der Waals surface area contributed by atoms with E-state index in [0.29, 0.717) is 75.4 Å². The van der Waals surface area contributed by atoms with E-state index in [1.807, 2.05) is 91.0 Å². The van der Waals surface area contributed by atoms with Crippen molar-refractivity contribution in [3.8, 4) is 5.75 Å². The molecule has 2 N–H and O–H groups in total. The molecule has 0 unspecified atom stereocenters. The maximum absolute atomic E-state index is 13.6. The van der Waals surface area contributed by atoms with Gasteiger partial charge in [0, 0.05) is 12.1 Å². The minimum Gasteiger partial charge on any atom is -0.489 e. The van der Waals surface area contributed by atoms with E-state index >= 15 is 0 Å². The molecule has 5 aromatic carbocycles. The summed E-state index contributed by atoms with van der Waals surface area (Å²) in [5, 5.41) is 9.70. The molecule has 0 bridgehead atoms. The third-order valence-electron chi connectivity index (χ3n) is 6.93. The maximum Gasteiger partial charge on any atom is 0.257 e. The van der Waals surface area contributed by atoms with E-state index in [1.54, 1.807) is 12.1 Å². The van der Waals surface area contributed by atoms with E-state index in [9.17, 15) is 9.59 Å². The second-order valence-corrected chi connectivity index (χ2v) is 9.95. The number of para-hydroxylation sites is 2. The molecule has 8 heteroatoms. The van der Waals surface area contributed by atoms with Gasteiger partial charge in [-0.15, -0.1) is 0 Å². The molecule has 0 heterocycles. The SMILES string of the molecule is O=C(NCCOCCOCCOCCOc1ccccc1NC(=O)c1c2ccccc2cc2ccccc12)c1ccccc1. The van der Waals surface area contributed by atoms with Gasteiger partial charge in [0.05, 0.1) is 50.9 Å². The Morgan fingerprint density at radius 3 is 1.77 bits per heavy atom. The van der Waals surface area contributed by atoms with Crippen molar-refractivity contribution < 1.29 is 28.5 Å². The van der Waals surface area contributed by atoms with Crippen LogP contribution in [0.2, 0.25) is 0 Å². The molecule has 0 atom stereocenters. The summed E-state index contributed by atoms with van der Waals surface area (Å²) in [5.74, 6) is 0.264. The summed E-state index contributed by atoms with van der Waals surface area (Å²) in [7, 11) is 0. The van der Waals surface area contributed by atoms with Gasteiger partial charge < -0.3 is 29.6 Å². The van der Waals surface area contributed by atoms with Crippen molar-refractivity contribution in [2.24, 2.45) is 0 Å². The normalized spacial score (nSPS) is 11.0. The fourth-order valence-electron chi connectivity index (χ4n) is 4.82.